The fourth-order valence-corrected chi connectivity index (χ4v) is 2.07. The Morgan fingerprint density at radius 3 is 2.45 bits per heavy atom. The first-order chi connectivity index (χ1) is 9.56. The molecule has 0 atom stereocenters. The van der Waals surface area contributed by atoms with Gasteiger partial charge in [-0.3, -0.25) is 4.79 Å². The molecule has 0 bridgehead atoms. The van der Waals surface area contributed by atoms with Crippen molar-refractivity contribution in [2.75, 3.05) is 0 Å². The molecule has 4 nitrogen and oxygen atoms in total. The molecule has 0 unspecified atom stereocenters. The van der Waals surface area contributed by atoms with Crippen LogP contribution < -0.4 is 5.56 Å². The van der Waals surface area contributed by atoms with Gasteiger partial charge in [-0.2, -0.15) is 10.5 Å². The summed E-state index contributed by atoms with van der Waals surface area (Å²) in [5.41, 5.74) is 3.18. The summed E-state index contributed by atoms with van der Waals surface area (Å²) >= 11 is 0. The normalized spacial score (nSPS) is 9.80. The number of aryl methyl sites for hydroxylation is 2. The van der Waals surface area contributed by atoms with Crippen LogP contribution in [0.15, 0.2) is 35.1 Å². The average molecular weight is 263 g/mol. The molecule has 2 aromatic rings. The van der Waals surface area contributed by atoms with E-state index >= 15 is 0 Å². The molecule has 1 aromatic heterocycles. The van der Waals surface area contributed by atoms with Gasteiger partial charge in [-0.1, -0.05) is 6.07 Å². The summed E-state index contributed by atoms with van der Waals surface area (Å²) in [6, 6.07) is 12.7. The highest BCUT2D eigenvalue weighted by Crippen LogP contribution is 2.12. The lowest BCUT2D eigenvalue weighted by Gasteiger charge is -2.12. The van der Waals surface area contributed by atoms with Crippen molar-refractivity contribution in [3.63, 3.8) is 0 Å². The number of pyridine rings is 1. The van der Waals surface area contributed by atoms with Gasteiger partial charge in [0.05, 0.1) is 18.2 Å². The van der Waals surface area contributed by atoms with Crippen molar-refractivity contribution >= 4 is 0 Å². The molecule has 4 heteroatoms. The Morgan fingerprint density at radius 2 is 1.85 bits per heavy atom. The maximum absolute atomic E-state index is 12.1. The van der Waals surface area contributed by atoms with Crippen LogP contribution in [0.2, 0.25) is 0 Å². The summed E-state index contributed by atoms with van der Waals surface area (Å²) in [7, 11) is 0. The zero-order chi connectivity index (χ0) is 14.7. The topological polar surface area (TPSA) is 69.6 Å². The Balaban J connectivity index is 2.49. The highest BCUT2D eigenvalue weighted by Gasteiger charge is 2.08. The van der Waals surface area contributed by atoms with Gasteiger partial charge in [-0.15, -0.1) is 0 Å². The number of nitrogens with zero attached hydrogens (tertiary/aromatic N) is 3. The van der Waals surface area contributed by atoms with E-state index in [-0.39, 0.29) is 11.1 Å². The molecule has 0 aliphatic rings. The quantitative estimate of drug-likeness (QED) is 0.834. The van der Waals surface area contributed by atoms with Gasteiger partial charge < -0.3 is 4.57 Å². The molecule has 98 valence electrons. The number of rotatable bonds is 2. The molecule has 0 radical (unpaired) electrons. The molecule has 0 amide bonds. The first-order valence-electron chi connectivity index (χ1n) is 6.17. The lowest BCUT2D eigenvalue weighted by Crippen LogP contribution is -2.25. The van der Waals surface area contributed by atoms with Crippen molar-refractivity contribution in [2.24, 2.45) is 0 Å². The number of benzene rings is 1. The van der Waals surface area contributed by atoms with Gasteiger partial charge in [0.2, 0.25) is 0 Å². The number of hydrogen-bond donors (Lipinski definition) is 0. The molecule has 2 rings (SSSR count). The molecule has 0 saturated heterocycles. The zero-order valence-corrected chi connectivity index (χ0v) is 11.3. The summed E-state index contributed by atoms with van der Waals surface area (Å²) in [5.74, 6) is 0. The van der Waals surface area contributed by atoms with Gasteiger partial charge in [0.25, 0.3) is 5.56 Å². The number of aromatic nitrogens is 1. The second-order valence-electron chi connectivity index (χ2n) is 4.64. The Kier molecular flexibility index (Phi) is 3.68. The summed E-state index contributed by atoms with van der Waals surface area (Å²) in [5, 5.41) is 17.8. The average Bonchev–Trinajstić information content (AvgIpc) is 2.45. The van der Waals surface area contributed by atoms with E-state index < -0.39 is 0 Å². The van der Waals surface area contributed by atoms with E-state index in [9.17, 15) is 4.79 Å². The SMILES string of the molecule is Cc1cc(C#N)ccc1Cn1c(C)ccc(C#N)c1=O. The molecule has 0 saturated carbocycles. The Labute approximate surface area is 117 Å². The fraction of sp³-hybridized carbons (Fsp3) is 0.188. The van der Waals surface area contributed by atoms with Crippen molar-refractivity contribution in [2.45, 2.75) is 20.4 Å². The minimum absolute atomic E-state index is 0.141. The minimum atomic E-state index is -0.281. The number of hydrogen-bond acceptors (Lipinski definition) is 3. The van der Waals surface area contributed by atoms with Crippen molar-refractivity contribution in [3.8, 4) is 12.1 Å². The maximum atomic E-state index is 12.1. The Hall–Kier alpha value is -2.85. The summed E-state index contributed by atoms with van der Waals surface area (Å²) < 4.78 is 1.58. The van der Waals surface area contributed by atoms with Crippen LogP contribution in [0.3, 0.4) is 0 Å². The Morgan fingerprint density at radius 1 is 1.10 bits per heavy atom. The molecule has 0 aliphatic carbocycles. The van der Waals surface area contributed by atoms with Gasteiger partial charge >= 0.3 is 0 Å². The monoisotopic (exact) mass is 263 g/mol. The lowest BCUT2D eigenvalue weighted by molar-refractivity contribution is 0.724. The van der Waals surface area contributed by atoms with E-state index in [0.29, 0.717) is 12.1 Å². The van der Waals surface area contributed by atoms with Crippen LogP contribution in [-0.4, -0.2) is 4.57 Å². The van der Waals surface area contributed by atoms with E-state index in [0.717, 1.165) is 16.8 Å². The van der Waals surface area contributed by atoms with Gasteiger partial charge in [-0.05, 0) is 49.2 Å². The second-order valence-corrected chi connectivity index (χ2v) is 4.64. The molecule has 0 aliphatic heterocycles. The molecule has 1 aromatic carbocycles. The van der Waals surface area contributed by atoms with E-state index in [4.69, 9.17) is 10.5 Å². The van der Waals surface area contributed by atoms with Crippen molar-refractivity contribution in [1.82, 2.24) is 4.57 Å². The minimum Gasteiger partial charge on any atom is -0.307 e. The van der Waals surface area contributed by atoms with E-state index in [1.807, 2.05) is 26.0 Å². The van der Waals surface area contributed by atoms with Crippen LogP contribution in [0.1, 0.15) is 27.9 Å². The van der Waals surface area contributed by atoms with Crippen LogP contribution in [0.25, 0.3) is 0 Å². The van der Waals surface area contributed by atoms with E-state index in [2.05, 4.69) is 6.07 Å². The van der Waals surface area contributed by atoms with Crippen LogP contribution in [0.4, 0.5) is 0 Å². The number of nitriles is 2. The lowest BCUT2D eigenvalue weighted by atomic mass is 10.1. The third-order valence-electron chi connectivity index (χ3n) is 3.31. The fourth-order valence-electron chi connectivity index (χ4n) is 2.07. The van der Waals surface area contributed by atoms with Crippen molar-refractivity contribution in [3.05, 3.63) is 68.6 Å². The Bertz CT molecular complexity index is 804. The van der Waals surface area contributed by atoms with E-state index in [1.54, 1.807) is 28.8 Å². The molecule has 0 fully saturated rings. The molecule has 0 spiro atoms. The van der Waals surface area contributed by atoms with Crippen molar-refractivity contribution < 1.29 is 0 Å². The molecular formula is C16H13N3O. The summed E-state index contributed by atoms with van der Waals surface area (Å²) in [6.07, 6.45) is 0. The summed E-state index contributed by atoms with van der Waals surface area (Å²) in [4.78, 5) is 12.1. The highest BCUT2D eigenvalue weighted by atomic mass is 16.1. The predicted molar refractivity (Wildman–Crippen MR) is 75.2 cm³/mol. The van der Waals surface area contributed by atoms with Crippen LogP contribution in [-0.2, 0) is 6.54 Å². The molecule has 0 N–H and O–H groups in total. The smallest absolute Gasteiger partial charge is 0.268 e. The highest BCUT2D eigenvalue weighted by molar-refractivity contribution is 5.38. The molecule has 1 heterocycles. The standard InChI is InChI=1S/C16H13N3O/c1-11-7-13(8-17)4-6-15(11)10-19-12(2)3-5-14(9-18)16(19)20/h3-7H,10H2,1-2H3. The third-order valence-corrected chi connectivity index (χ3v) is 3.31. The molecule has 20 heavy (non-hydrogen) atoms. The first kappa shape index (κ1) is 13.6. The zero-order valence-electron chi connectivity index (χ0n) is 11.3. The van der Waals surface area contributed by atoms with Crippen LogP contribution >= 0.6 is 0 Å². The van der Waals surface area contributed by atoms with Gasteiger partial charge in [0.1, 0.15) is 11.6 Å². The van der Waals surface area contributed by atoms with Gasteiger partial charge in [0, 0.05) is 5.69 Å². The summed E-state index contributed by atoms with van der Waals surface area (Å²) in [6.45, 7) is 4.14. The molecular weight excluding hydrogens is 250 g/mol. The van der Waals surface area contributed by atoms with Crippen LogP contribution in [0.5, 0.6) is 0 Å². The predicted octanol–water partition coefficient (Wildman–Crippen LogP) is 2.26. The first-order valence-corrected chi connectivity index (χ1v) is 6.17. The largest absolute Gasteiger partial charge is 0.307 e. The maximum Gasteiger partial charge on any atom is 0.268 e. The third kappa shape index (κ3) is 2.46. The van der Waals surface area contributed by atoms with Gasteiger partial charge in [-0.25, -0.2) is 0 Å². The van der Waals surface area contributed by atoms with Gasteiger partial charge in [0.15, 0.2) is 0 Å². The second kappa shape index (κ2) is 5.42. The van der Waals surface area contributed by atoms with Crippen molar-refractivity contribution in [1.29, 1.82) is 10.5 Å². The van der Waals surface area contributed by atoms with E-state index in [1.165, 1.54) is 0 Å². The van der Waals surface area contributed by atoms with Crippen LogP contribution in [0, 0.1) is 36.5 Å².